The summed E-state index contributed by atoms with van der Waals surface area (Å²) in [6.45, 7) is 10.4. The van der Waals surface area contributed by atoms with Gasteiger partial charge in [-0.15, -0.1) is 0 Å². The van der Waals surface area contributed by atoms with Gasteiger partial charge in [0, 0.05) is 49.7 Å². The number of rotatable bonds is 6. The molecule has 206 valence electrons. The number of pyridine rings is 1. The van der Waals surface area contributed by atoms with Gasteiger partial charge in [-0.25, -0.2) is 9.37 Å². The third kappa shape index (κ3) is 4.95. The van der Waals surface area contributed by atoms with Crippen LogP contribution < -0.4 is 20.7 Å². The van der Waals surface area contributed by atoms with Crippen molar-refractivity contribution in [2.45, 2.75) is 83.0 Å². The highest BCUT2D eigenvalue weighted by atomic mass is 19.1. The number of halogens is 1. The second kappa shape index (κ2) is 10.2. The summed E-state index contributed by atoms with van der Waals surface area (Å²) in [7, 11) is 1.96. The molecule has 6 rings (SSSR count). The van der Waals surface area contributed by atoms with Crippen LogP contribution in [0.4, 0.5) is 16.0 Å². The summed E-state index contributed by atoms with van der Waals surface area (Å²) < 4.78 is 20.2. The first-order valence-electron chi connectivity index (χ1n) is 14.4. The zero-order valence-corrected chi connectivity index (χ0v) is 23.2. The maximum Gasteiger partial charge on any atom is 0.318 e. The summed E-state index contributed by atoms with van der Waals surface area (Å²) >= 11 is 0. The minimum Gasteiger partial charge on any atom is -0.462 e. The first-order valence-corrected chi connectivity index (χ1v) is 14.4. The number of likely N-dealkylation sites (N-methyl/N-ethyl adjacent to an activating group) is 1. The molecule has 4 aliphatic rings. The lowest BCUT2D eigenvalue weighted by Gasteiger charge is -2.39. The van der Waals surface area contributed by atoms with Crippen molar-refractivity contribution in [1.29, 1.82) is 0 Å². The second-order valence-corrected chi connectivity index (χ2v) is 12.2. The Morgan fingerprint density at radius 2 is 2.00 bits per heavy atom. The number of likely N-dealkylation sites (tertiary alicyclic amines) is 1. The van der Waals surface area contributed by atoms with E-state index in [0.717, 1.165) is 44.0 Å². The molecular weight excluding hydrogens is 481 g/mol. The van der Waals surface area contributed by atoms with Gasteiger partial charge in [0.1, 0.15) is 24.4 Å². The first kappa shape index (κ1) is 25.7. The van der Waals surface area contributed by atoms with Crippen molar-refractivity contribution in [2.75, 3.05) is 50.5 Å². The molecule has 0 radical (unpaired) electrons. The predicted octanol–water partition coefficient (Wildman–Crippen LogP) is 3.38. The van der Waals surface area contributed by atoms with Gasteiger partial charge in [-0.1, -0.05) is 6.92 Å². The Kier molecular flexibility index (Phi) is 6.93. The standard InChI is InChI=1S/C29H42FN7O/c1-16-9-23-24(12-22(16)27-26(19-5-6-19)17(2)10-25(31)34-27)33-29(38-15-21-11-20(30)14-36(21)4)35-28(23)37-8-7-32-13-18(37)3/h10,16,18-22,32H,5-9,11-15H2,1-4H3,(H2,31,34)/t16-,18?,20-,21+,22-/m1/s1. The molecule has 0 bridgehead atoms. The highest BCUT2D eigenvalue weighted by Crippen LogP contribution is 2.48. The van der Waals surface area contributed by atoms with Crippen LogP contribution in [0, 0.1) is 12.8 Å². The maximum absolute atomic E-state index is 14.0. The third-order valence-corrected chi connectivity index (χ3v) is 9.14. The SMILES string of the molecule is Cc1cc(N)nc([C@@H]2Cc3nc(OC[C@@H]4C[C@@H](F)CN4C)nc(N4CCNCC4C)c3C[C@H]2C)c1C1CC1. The molecule has 2 aliphatic heterocycles. The molecule has 2 saturated heterocycles. The zero-order valence-electron chi connectivity index (χ0n) is 23.2. The largest absolute Gasteiger partial charge is 0.462 e. The average molecular weight is 524 g/mol. The average Bonchev–Trinajstić information content (AvgIpc) is 3.65. The minimum atomic E-state index is -0.799. The van der Waals surface area contributed by atoms with Gasteiger partial charge in [0.25, 0.3) is 0 Å². The Bertz CT molecular complexity index is 1190. The number of alkyl halides is 1. The van der Waals surface area contributed by atoms with Crippen LogP contribution in [-0.4, -0.2) is 77.9 Å². The molecule has 38 heavy (non-hydrogen) atoms. The van der Waals surface area contributed by atoms with Gasteiger partial charge in [-0.2, -0.15) is 9.97 Å². The molecule has 1 unspecified atom stereocenters. The molecule has 2 aliphatic carbocycles. The number of hydrogen-bond donors (Lipinski definition) is 2. The van der Waals surface area contributed by atoms with E-state index in [4.69, 9.17) is 25.4 Å². The Hall–Kier alpha value is -2.52. The second-order valence-electron chi connectivity index (χ2n) is 12.2. The number of ether oxygens (including phenoxy) is 1. The smallest absolute Gasteiger partial charge is 0.318 e. The van der Waals surface area contributed by atoms with Gasteiger partial charge < -0.3 is 20.7 Å². The van der Waals surface area contributed by atoms with Crippen molar-refractivity contribution in [3.63, 3.8) is 0 Å². The van der Waals surface area contributed by atoms with Gasteiger partial charge >= 0.3 is 6.01 Å². The number of nitrogens with zero attached hydrogens (tertiary/aromatic N) is 5. The maximum atomic E-state index is 14.0. The summed E-state index contributed by atoms with van der Waals surface area (Å²) in [5.74, 6) is 2.87. The Morgan fingerprint density at radius 3 is 2.71 bits per heavy atom. The Balaban J connectivity index is 1.35. The van der Waals surface area contributed by atoms with E-state index in [1.54, 1.807) is 0 Å². The normalized spacial score (nSPS) is 29.9. The fourth-order valence-electron chi connectivity index (χ4n) is 6.87. The molecule has 0 aromatic carbocycles. The number of piperazine rings is 1. The number of aryl methyl sites for hydroxylation is 1. The number of nitrogens with one attached hydrogen (secondary N) is 1. The summed E-state index contributed by atoms with van der Waals surface area (Å²) in [6, 6.07) is 2.81. The molecule has 4 heterocycles. The van der Waals surface area contributed by atoms with Crippen molar-refractivity contribution in [3.8, 4) is 6.01 Å². The van der Waals surface area contributed by atoms with Crippen LogP contribution in [0.5, 0.6) is 6.01 Å². The van der Waals surface area contributed by atoms with E-state index >= 15 is 0 Å². The van der Waals surface area contributed by atoms with Crippen LogP contribution >= 0.6 is 0 Å². The number of aromatic nitrogens is 3. The van der Waals surface area contributed by atoms with Crippen LogP contribution in [0.2, 0.25) is 0 Å². The van der Waals surface area contributed by atoms with Crippen molar-refractivity contribution < 1.29 is 9.13 Å². The molecule has 0 spiro atoms. The number of fused-ring (bicyclic) bond motifs is 1. The summed E-state index contributed by atoms with van der Waals surface area (Å²) in [4.78, 5) is 19.4. The van der Waals surface area contributed by atoms with Crippen LogP contribution in [0.3, 0.4) is 0 Å². The van der Waals surface area contributed by atoms with Gasteiger partial charge in [0.2, 0.25) is 0 Å². The molecule has 1 saturated carbocycles. The van der Waals surface area contributed by atoms with E-state index in [2.05, 4.69) is 31.0 Å². The molecule has 5 atom stereocenters. The zero-order chi connectivity index (χ0) is 26.6. The Labute approximate surface area is 225 Å². The number of nitrogens with two attached hydrogens (primary N) is 1. The molecule has 9 heteroatoms. The molecular formula is C29H42FN7O. The molecule has 8 nitrogen and oxygen atoms in total. The quantitative estimate of drug-likeness (QED) is 0.596. The number of hydrogen-bond acceptors (Lipinski definition) is 8. The summed E-state index contributed by atoms with van der Waals surface area (Å²) in [5, 5.41) is 3.49. The molecule has 2 aromatic heterocycles. The molecule has 3 fully saturated rings. The fraction of sp³-hybridized carbons (Fsp3) is 0.690. The number of nitrogen functional groups attached to an aromatic ring is 1. The lowest BCUT2D eigenvalue weighted by Crippen LogP contribution is -2.50. The highest BCUT2D eigenvalue weighted by Gasteiger charge is 2.38. The first-order chi connectivity index (χ1) is 18.3. The lowest BCUT2D eigenvalue weighted by atomic mass is 9.75. The lowest BCUT2D eigenvalue weighted by molar-refractivity contribution is 0.187. The van der Waals surface area contributed by atoms with E-state index in [-0.39, 0.29) is 12.0 Å². The van der Waals surface area contributed by atoms with Crippen LogP contribution in [0.1, 0.15) is 73.0 Å². The van der Waals surface area contributed by atoms with Crippen molar-refractivity contribution in [2.24, 2.45) is 5.92 Å². The van der Waals surface area contributed by atoms with Crippen molar-refractivity contribution in [1.82, 2.24) is 25.2 Å². The van der Waals surface area contributed by atoms with E-state index in [1.165, 1.54) is 35.2 Å². The Morgan fingerprint density at radius 1 is 1.18 bits per heavy atom. The van der Waals surface area contributed by atoms with Gasteiger partial charge in [0.15, 0.2) is 0 Å². The van der Waals surface area contributed by atoms with E-state index in [0.29, 0.717) is 49.3 Å². The van der Waals surface area contributed by atoms with Crippen LogP contribution in [0.15, 0.2) is 6.07 Å². The highest BCUT2D eigenvalue weighted by molar-refractivity contribution is 5.54. The van der Waals surface area contributed by atoms with Crippen LogP contribution in [-0.2, 0) is 12.8 Å². The van der Waals surface area contributed by atoms with Gasteiger partial charge in [-0.3, -0.25) is 4.90 Å². The summed E-state index contributed by atoms with van der Waals surface area (Å²) in [5.41, 5.74) is 12.4. The fourth-order valence-corrected chi connectivity index (χ4v) is 6.87. The molecule has 0 amide bonds. The number of anilines is 2. The van der Waals surface area contributed by atoms with E-state index in [9.17, 15) is 4.39 Å². The van der Waals surface area contributed by atoms with Crippen molar-refractivity contribution >= 4 is 11.6 Å². The van der Waals surface area contributed by atoms with E-state index in [1.807, 2.05) is 18.0 Å². The van der Waals surface area contributed by atoms with Gasteiger partial charge in [-0.05, 0) is 82.0 Å². The van der Waals surface area contributed by atoms with E-state index < -0.39 is 6.17 Å². The topological polar surface area (TPSA) is 92.4 Å². The third-order valence-electron chi connectivity index (χ3n) is 9.14. The van der Waals surface area contributed by atoms with Crippen LogP contribution in [0.25, 0.3) is 0 Å². The minimum absolute atomic E-state index is 0.0412. The summed E-state index contributed by atoms with van der Waals surface area (Å²) in [6.07, 6.45) is 3.87. The molecule has 2 aromatic rings. The predicted molar refractivity (Wildman–Crippen MR) is 148 cm³/mol. The van der Waals surface area contributed by atoms with Gasteiger partial charge in [0.05, 0.1) is 11.4 Å². The van der Waals surface area contributed by atoms with Crippen molar-refractivity contribution in [3.05, 3.63) is 34.1 Å². The monoisotopic (exact) mass is 523 g/mol. The molecule has 3 N–H and O–H groups in total.